The maximum absolute atomic E-state index is 13.4. The normalized spacial score (nSPS) is 16.3. The molecule has 1 heterocycles. The molecule has 1 N–H and O–H groups in total. The first-order valence-corrected chi connectivity index (χ1v) is 10.9. The van der Waals surface area contributed by atoms with E-state index in [9.17, 15) is 18.0 Å². The molecule has 0 spiro atoms. The molecule has 1 atom stereocenters. The van der Waals surface area contributed by atoms with Gasteiger partial charge in [-0.25, -0.2) is 13.2 Å². The predicted octanol–water partition coefficient (Wildman–Crippen LogP) is 3.35. The number of fused-ring (bicyclic) bond motifs is 1. The van der Waals surface area contributed by atoms with E-state index in [1.165, 1.54) is 11.0 Å². The van der Waals surface area contributed by atoms with Gasteiger partial charge in [-0.3, -0.25) is 9.69 Å². The third-order valence-corrected chi connectivity index (χ3v) is 6.93. The molecule has 0 aromatic heterocycles. The number of para-hydroxylation sites is 1. The van der Waals surface area contributed by atoms with Crippen LogP contribution in [0.3, 0.4) is 0 Å². The van der Waals surface area contributed by atoms with Crippen LogP contribution in [0.15, 0.2) is 47.4 Å². The largest absolute Gasteiger partial charge is 0.352 e. The lowest BCUT2D eigenvalue weighted by atomic mass is 10.1. The van der Waals surface area contributed by atoms with Crippen molar-refractivity contribution in [2.45, 2.75) is 45.1 Å². The molecule has 7 nitrogen and oxygen atoms in total. The number of urea groups is 1. The Hall–Kier alpha value is -2.87. The molecule has 3 rings (SSSR count). The number of amides is 3. The van der Waals surface area contributed by atoms with Crippen molar-refractivity contribution in [2.75, 3.05) is 15.7 Å². The Morgan fingerprint density at radius 1 is 1.07 bits per heavy atom. The van der Waals surface area contributed by atoms with Crippen molar-refractivity contribution in [1.29, 1.82) is 0 Å². The van der Waals surface area contributed by atoms with Gasteiger partial charge in [0.2, 0.25) is 5.91 Å². The van der Waals surface area contributed by atoms with Crippen molar-refractivity contribution >= 4 is 33.3 Å². The van der Waals surface area contributed by atoms with Crippen molar-refractivity contribution in [3.05, 3.63) is 53.6 Å². The average molecular weight is 416 g/mol. The number of anilines is 2. The molecule has 0 saturated carbocycles. The Balaban J connectivity index is 2.12. The van der Waals surface area contributed by atoms with Crippen LogP contribution < -0.4 is 14.5 Å². The summed E-state index contributed by atoms with van der Waals surface area (Å²) in [6.07, 6.45) is 0.749. The molecular formula is C21H25N3O4S. The number of hydrogen-bond acceptors (Lipinski definition) is 4. The van der Waals surface area contributed by atoms with Crippen molar-refractivity contribution in [3.8, 4) is 0 Å². The van der Waals surface area contributed by atoms with E-state index in [4.69, 9.17) is 0 Å². The number of benzene rings is 2. The van der Waals surface area contributed by atoms with E-state index < -0.39 is 16.1 Å². The molecule has 0 bridgehead atoms. The minimum atomic E-state index is -4.11. The molecule has 154 valence electrons. The van der Waals surface area contributed by atoms with E-state index in [2.05, 4.69) is 5.32 Å². The summed E-state index contributed by atoms with van der Waals surface area (Å²) in [7, 11) is -4.11. The molecule has 2 aromatic rings. The number of nitrogens with zero attached hydrogens (tertiary/aromatic N) is 2. The Morgan fingerprint density at radius 3 is 2.41 bits per heavy atom. The van der Waals surface area contributed by atoms with Gasteiger partial charge in [0.1, 0.15) is 11.4 Å². The van der Waals surface area contributed by atoms with E-state index in [-0.39, 0.29) is 34.8 Å². The summed E-state index contributed by atoms with van der Waals surface area (Å²) in [6.45, 7) is 7.17. The van der Waals surface area contributed by atoms with Crippen molar-refractivity contribution in [2.24, 2.45) is 0 Å². The summed E-state index contributed by atoms with van der Waals surface area (Å²) in [5.74, 6) is -0.345. The Kier molecular flexibility index (Phi) is 5.66. The van der Waals surface area contributed by atoms with Crippen LogP contribution in [0.5, 0.6) is 0 Å². The van der Waals surface area contributed by atoms with E-state index in [1.54, 1.807) is 37.3 Å². The predicted molar refractivity (Wildman–Crippen MR) is 113 cm³/mol. The Bertz CT molecular complexity index is 1070. The van der Waals surface area contributed by atoms with Crippen LogP contribution in [0.25, 0.3) is 0 Å². The SMILES string of the molecule is CC[C@@H](C)NC(=O)CN1C(=O)N(c2cccc(C)c2C)S(=O)(=O)c2ccccc21. The summed E-state index contributed by atoms with van der Waals surface area (Å²) in [5, 5.41) is 2.82. The fraction of sp³-hybridized carbons (Fsp3) is 0.333. The number of hydrogen-bond donors (Lipinski definition) is 1. The first kappa shape index (κ1) is 20.9. The second kappa shape index (κ2) is 7.87. The first-order valence-electron chi connectivity index (χ1n) is 9.50. The van der Waals surface area contributed by atoms with Crippen LogP contribution >= 0.6 is 0 Å². The fourth-order valence-electron chi connectivity index (χ4n) is 3.22. The zero-order valence-corrected chi connectivity index (χ0v) is 17.8. The van der Waals surface area contributed by atoms with Crippen molar-refractivity contribution in [1.82, 2.24) is 5.32 Å². The summed E-state index contributed by atoms with van der Waals surface area (Å²) >= 11 is 0. The molecule has 3 amide bonds. The first-order chi connectivity index (χ1) is 13.7. The van der Waals surface area contributed by atoms with Gasteiger partial charge in [-0.1, -0.05) is 31.2 Å². The maximum Gasteiger partial charge on any atom is 0.343 e. The average Bonchev–Trinajstić information content (AvgIpc) is 2.68. The van der Waals surface area contributed by atoms with Crippen LogP contribution in [0.4, 0.5) is 16.2 Å². The topological polar surface area (TPSA) is 86.8 Å². The summed E-state index contributed by atoms with van der Waals surface area (Å²) in [6, 6.07) is 10.6. The van der Waals surface area contributed by atoms with E-state index in [1.807, 2.05) is 26.8 Å². The zero-order valence-electron chi connectivity index (χ0n) is 17.0. The molecule has 0 aliphatic carbocycles. The third kappa shape index (κ3) is 3.72. The highest BCUT2D eigenvalue weighted by atomic mass is 32.2. The molecule has 2 aromatic carbocycles. The fourth-order valence-corrected chi connectivity index (χ4v) is 4.87. The highest BCUT2D eigenvalue weighted by molar-refractivity contribution is 7.94. The molecule has 8 heteroatoms. The lowest BCUT2D eigenvalue weighted by molar-refractivity contribution is -0.120. The van der Waals surface area contributed by atoms with Crippen LogP contribution in [0.2, 0.25) is 0 Å². The van der Waals surface area contributed by atoms with E-state index in [0.717, 1.165) is 16.3 Å². The highest BCUT2D eigenvalue weighted by Crippen LogP contribution is 2.38. The van der Waals surface area contributed by atoms with Gasteiger partial charge in [0.25, 0.3) is 10.0 Å². The molecule has 0 fully saturated rings. The van der Waals surface area contributed by atoms with Crippen molar-refractivity contribution in [3.63, 3.8) is 0 Å². The van der Waals surface area contributed by atoms with Gasteiger partial charge in [0.15, 0.2) is 0 Å². The van der Waals surface area contributed by atoms with Gasteiger partial charge in [0.05, 0.1) is 11.4 Å². The highest BCUT2D eigenvalue weighted by Gasteiger charge is 2.43. The molecule has 0 radical (unpaired) electrons. The quantitative estimate of drug-likeness (QED) is 0.811. The third-order valence-electron chi connectivity index (χ3n) is 5.20. The molecule has 1 aliphatic rings. The summed E-state index contributed by atoms with van der Waals surface area (Å²) in [5.41, 5.74) is 2.05. The van der Waals surface area contributed by atoms with Gasteiger partial charge in [-0.2, -0.15) is 4.31 Å². The van der Waals surface area contributed by atoms with Gasteiger partial charge in [-0.15, -0.1) is 0 Å². The lowest BCUT2D eigenvalue weighted by Crippen LogP contribution is -2.54. The van der Waals surface area contributed by atoms with Gasteiger partial charge >= 0.3 is 6.03 Å². The van der Waals surface area contributed by atoms with E-state index >= 15 is 0 Å². The van der Waals surface area contributed by atoms with E-state index in [0.29, 0.717) is 5.56 Å². The summed E-state index contributed by atoms with van der Waals surface area (Å²) in [4.78, 5) is 27.1. The van der Waals surface area contributed by atoms with Gasteiger partial charge in [0, 0.05) is 6.04 Å². The Labute approximate surface area is 171 Å². The second-order valence-corrected chi connectivity index (χ2v) is 8.96. The number of carbonyl (C=O) groups excluding carboxylic acids is 2. The molecular weight excluding hydrogens is 390 g/mol. The standard InChI is InChI=1S/C21H25N3O4S/c1-5-15(3)22-20(25)13-23-18-10-6-7-12-19(18)29(27,28)24(21(23)26)17-11-8-9-14(2)16(17)4/h6-12,15H,5,13H2,1-4H3,(H,22,25)/t15-/m1/s1. The van der Waals surface area contributed by atoms with Gasteiger partial charge < -0.3 is 5.32 Å². The number of aryl methyl sites for hydroxylation is 1. The number of carbonyl (C=O) groups is 2. The number of sulfonamides is 1. The minimum Gasteiger partial charge on any atom is -0.352 e. The Morgan fingerprint density at radius 2 is 1.72 bits per heavy atom. The van der Waals surface area contributed by atoms with Crippen molar-refractivity contribution < 1.29 is 18.0 Å². The maximum atomic E-state index is 13.4. The van der Waals surface area contributed by atoms with Crippen LogP contribution in [-0.4, -0.2) is 32.9 Å². The van der Waals surface area contributed by atoms with Crippen LogP contribution in [0.1, 0.15) is 31.4 Å². The summed E-state index contributed by atoms with van der Waals surface area (Å²) < 4.78 is 27.4. The molecule has 1 aliphatic heterocycles. The van der Waals surface area contributed by atoms with Gasteiger partial charge in [-0.05, 0) is 56.5 Å². The van der Waals surface area contributed by atoms with Crippen LogP contribution in [0, 0.1) is 13.8 Å². The minimum absolute atomic E-state index is 0.00292. The monoisotopic (exact) mass is 415 g/mol. The molecule has 0 unspecified atom stereocenters. The molecule has 0 saturated heterocycles. The number of rotatable bonds is 5. The number of nitrogens with one attached hydrogen (secondary N) is 1. The smallest absolute Gasteiger partial charge is 0.343 e. The lowest BCUT2D eigenvalue weighted by Gasteiger charge is -2.36. The molecule has 29 heavy (non-hydrogen) atoms. The zero-order chi connectivity index (χ0) is 21.3. The van der Waals surface area contributed by atoms with Crippen LogP contribution in [-0.2, 0) is 14.8 Å². The second-order valence-electron chi connectivity index (χ2n) is 7.20.